The number of nitrogens with one attached hydrogen (secondary N) is 1. The molecule has 7 rings (SSSR count). The SMILES string of the molecule is CC[N+](CC)=c1ccc2c(/C=C/C=C3/N(CCCCCC(=O)NCC#Cc4cn([C@H]5C[C@H](O)[C@@H](COP(=O)(O)OP(=O)(O)OP(=O)(O)O)O5)c(=O)nc4N)c4ccc(S(=O)(=O)O)cc4C3(C)C)c(C)c(-c3ccccc3)oc-2c1. The Kier molecular flexibility index (Phi) is 19.1. The monoisotopic (exact) mass is 1170 g/mol. The van der Waals surface area contributed by atoms with Crippen molar-refractivity contribution in [1.82, 2.24) is 19.4 Å². The van der Waals surface area contributed by atoms with Crippen molar-refractivity contribution in [1.29, 1.82) is 0 Å². The summed E-state index contributed by atoms with van der Waals surface area (Å²) in [6.45, 7) is 11.4. The molecular formula is C51H62N6O18P3S+. The van der Waals surface area contributed by atoms with Crippen LogP contribution in [0, 0.1) is 18.8 Å². The first-order chi connectivity index (χ1) is 37.1. The van der Waals surface area contributed by atoms with Crippen molar-refractivity contribution in [3.05, 3.63) is 129 Å². The number of carbonyl (C=O) groups is 1. The molecule has 0 saturated carbocycles. The van der Waals surface area contributed by atoms with E-state index in [0.29, 0.717) is 25.8 Å². The summed E-state index contributed by atoms with van der Waals surface area (Å²) in [5.41, 5.74) is 10.6. The van der Waals surface area contributed by atoms with E-state index >= 15 is 0 Å². The Morgan fingerprint density at radius 1 is 1.00 bits per heavy atom. The van der Waals surface area contributed by atoms with Crippen molar-refractivity contribution in [3.8, 4) is 34.5 Å². The van der Waals surface area contributed by atoms with Gasteiger partial charge in [-0.25, -0.2) is 23.1 Å². The molecule has 24 nitrogen and oxygen atoms in total. The Morgan fingerprint density at radius 2 is 1.72 bits per heavy atom. The topological polar surface area (TPSA) is 353 Å². The smallest absolute Gasteiger partial charge is 0.456 e. The summed E-state index contributed by atoms with van der Waals surface area (Å²) in [5.74, 6) is 6.43. The predicted octanol–water partition coefficient (Wildman–Crippen LogP) is 5.97. The number of ether oxygens (including phenoxy) is 1. The Labute approximate surface area is 455 Å². The van der Waals surface area contributed by atoms with Gasteiger partial charge in [-0.1, -0.05) is 74.6 Å². The maximum atomic E-state index is 12.9. The molecule has 424 valence electrons. The van der Waals surface area contributed by atoms with Gasteiger partial charge in [-0.2, -0.15) is 22.0 Å². The van der Waals surface area contributed by atoms with Crippen LogP contribution in [-0.2, 0) is 51.9 Å². The van der Waals surface area contributed by atoms with Crippen LogP contribution in [0.2, 0.25) is 0 Å². The molecule has 3 aliphatic heterocycles. The number of fused-ring (bicyclic) bond motifs is 2. The number of benzene rings is 3. The number of amides is 1. The number of nitrogen functional groups attached to an aromatic ring is 1. The third kappa shape index (κ3) is 15.1. The molecule has 79 heavy (non-hydrogen) atoms. The van der Waals surface area contributed by atoms with Crippen molar-refractivity contribution in [2.75, 3.05) is 43.4 Å². The average molecular weight is 1170 g/mol. The highest BCUT2D eigenvalue weighted by Crippen LogP contribution is 2.66. The van der Waals surface area contributed by atoms with Crippen molar-refractivity contribution in [2.45, 2.75) is 95.5 Å². The number of anilines is 2. The molecule has 2 aromatic carbocycles. The van der Waals surface area contributed by atoms with Crippen LogP contribution < -0.4 is 31.6 Å². The number of hydrogen-bond acceptors (Lipinski definition) is 16. The van der Waals surface area contributed by atoms with E-state index in [1.54, 1.807) is 6.07 Å². The van der Waals surface area contributed by atoms with Crippen molar-refractivity contribution < 1.29 is 78.4 Å². The summed E-state index contributed by atoms with van der Waals surface area (Å²) in [6.07, 6.45) is 4.89. The van der Waals surface area contributed by atoms with Gasteiger partial charge in [0, 0.05) is 65.1 Å². The molecule has 0 spiro atoms. The normalized spacial score (nSPS) is 19.3. The molecule has 0 radical (unpaired) electrons. The predicted molar refractivity (Wildman–Crippen MR) is 291 cm³/mol. The van der Waals surface area contributed by atoms with Crippen molar-refractivity contribution >= 4 is 57.1 Å². The fourth-order valence-corrected chi connectivity index (χ4v) is 12.9. The Balaban J connectivity index is 0.992. The van der Waals surface area contributed by atoms with E-state index in [-0.39, 0.29) is 41.6 Å². The lowest BCUT2D eigenvalue weighted by Crippen LogP contribution is -2.29. The van der Waals surface area contributed by atoms with E-state index < -0.39 is 69.7 Å². The number of phosphoric acid groups is 3. The van der Waals surface area contributed by atoms with E-state index in [2.05, 4.69) is 82.9 Å². The number of aliphatic hydroxyl groups excluding tert-OH is 1. The summed E-state index contributed by atoms with van der Waals surface area (Å²) in [6, 6.07) is 20.8. The van der Waals surface area contributed by atoms with Crippen molar-refractivity contribution in [3.63, 3.8) is 0 Å². The highest BCUT2D eigenvalue weighted by Gasteiger charge is 2.44. The highest BCUT2D eigenvalue weighted by molar-refractivity contribution is 7.85. The molecule has 1 amide bonds. The van der Waals surface area contributed by atoms with E-state index in [0.717, 1.165) is 73.7 Å². The van der Waals surface area contributed by atoms with Gasteiger partial charge in [0.05, 0.1) is 35.8 Å². The van der Waals surface area contributed by atoms with Crippen LogP contribution >= 0.6 is 23.5 Å². The number of unbranched alkanes of at least 4 members (excludes halogenated alkanes) is 2. The van der Waals surface area contributed by atoms with Crippen LogP contribution in [-0.4, -0.2) is 98.1 Å². The number of allylic oxidation sites excluding steroid dienone is 3. The zero-order valence-corrected chi connectivity index (χ0v) is 47.2. The molecule has 0 bridgehead atoms. The second-order valence-electron chi connectivity index (χ2n) is 19.0. The van der Waals surface area contributed by atoms with Crippen LogP contribution in [0.15, 0.2) is 105 Å². The lowest BCUT2D eigenvalue weighted by atomic mass is 9.83. The lowest BCUT2D eigenvalue weighted by Gasteiger charge is -2.27. The molecule has 28 heteroatoms. The molecule has 4 heterocycles. The zero-order valence-electron chi connectivity index (χ0n) is 43.7. The summed E-state index contributed by atoms with van der Waals surface area (Å²) in [4.78, 5) is 67.9. The Hall–Kier alpha value is -5.90. The molecule has 1 saturated heterocycles. The van der Waals surface area contributed by atoms with Gasteiger partial charge in [0.1, 0.15) is 42.8 Å². The van der Waals surface area contributed by atoms with Gasteiger partial charge >= 0.3 is 29.2 Å². The van der Waals surface area contributed by atoms with Gasteiger partial charge in [-0.05, 0) is 75.1 Å². The first-order valence-corrected chi connectivity index (χ1v) is 30.8. The number of carbonyl (C=O) groups excluding carboxylic acids is 1. The van der Waals surface area contributed by atoms with Gasteiger partial charge in [-0.15, -0.1) is 0 Å². The summed E-state index contributed by atoms with van der Waals surface area (Å²) < 4.78 is 96.7. The zero-order chi connectivity index (χ0) is 57.7. The van der Waals surface area contributed by atoms with E-state index in [1.165, 1.54) is 18.3 Å². The number of nitrogens with zero attached hydrogens (tertiary/aromatic N) is 4. The summed E-state index contributed by atoms with van der Waals surface area (Å²) >= 11 is 0. The number of phosphoric ester groups is 1. The fraction of sp³-hybridized carbons (Fsp3) is 0.373. The summed E-state index contributed by atoms with van der Waals surface area (Å²) in [5, 5.41) is 14.3. The van der Waals surface area contributed by atoms with E-state index in [4.69, 9.17) is 24.7 Å². The molecule has 2 unspecified atom stereocenters. The molecule has 1 aliphatic carbocycles. The van der Waals surface area contributed by atoms with Crippen LogP contribution in [0.5, 0.6) is 0 Å². The second-order valence-corrected chi connectivity index (χ2v) is 24.8. The molecule has 1 fully saturated rings. The van der Waals surface area contributed by atoms with Gasteiger partial charge in [0.15, 0.2) is 0 Å². The van der Waals surface area contributed by atoms with Gasteiger partial charge in [0.25, 0.3) is 10.1 Å². The second kappa shape index (κ2) is 24.9. The minimum absolute atomic E-state index is 0.0507. The highest BCUT2D eigenvalue weighted by atomic mass is 32.2. The summed E-state index contributed by atoms with van der Waals surface area (Å²) in [7, 11) is -21.4. The Morgan fingerprint density at radius 3 is 2.41 bits per heavy atom. The molecule has 4 aliphatic rings. The maximum absolute atomic E-state index is 12.9. The number of rotatable bonds is 21. The minimum Gasteiger partial charge on any atom is -0.456 e. The fourth-order valence-electron chi connectivity index (χ4n) is 9.38. The number of nitrogens with two attached hydrogens (primary N) is 1. The van der Waals surface area contributed by atoms with Crippen LogP contribution in [0.3, 0.4) is 0 Å². The molecule has 1 aromatic heterocycles. The van der Waals surface area contributed by atoms with Crippen LogP contribution in [0.1, 0.15) is 88.3 Å². The molecule has 9 N–H and O–H groups in total. The van der Waals surface area contributed by atoms with Gasteiger partial charge < -0.3 is 49.8 Å². The van der Waals surface area contributed by atoms with Gasteiger partial charge in [0.2, 0.25) is 11.3 Å². The number of aromatic nitrogens is 2. The average Bonchev–Trinajstić information content (AvgIpc) is 3.97. The molecule has 5 atom stereocenters. The number of aliphatic hydroxyl groups is 1. The molecular weight excluding hydrogens is 1110 g/mol. The van der Waals surface area contributed by atoms with E-state index in [1.807, 2.05) is 63.3 Å². The van der Waals surface area contributed by atoms with Crippen molar-refractivity contribution in [2.24, 2.45) is 0 Å². The maximum Gasteiger partial charge on any atom is 0.490 e. The largest absolute Gasteiger partial charge is 0.490 e. The van der Waals surface area contributed by atoms with Gasteiger partial charge in [-0.3, -0.25) is 18.4 Å². The standard InChI is InChI=1S/C51H61N6O18P3S/c1-6-55(7-2)36-22-24-39-38(33(3)48(73-43(39)28-36)34-16-10-8-11-17-34)19-14-20-45-51(4,5)40-29-37(79(68,69)70)23-25-41(40)56(45)27-13-9-12-21-46(59)53-26-15-18-35-31-57(50(60)54-49(35)52)47-30-42(58)44(72-47)32-71-77(64,65)75-78(66,67)74-76(61,62)63/h8,10-11,14,16-17,19-20,22-25,28-29,31,42,44,47,58H,6-7,9,12-13,21,26-27,30,32H2,1-5H3,(H7-,52,53,54,59,60,61,62,63,64,65,66,67,68,69,70)/p+1/t42-,44+,47+/m0/s1. The van der Waals surface area contributed by atoms with Crippen LogP contribution in [0.25, 0.3) is 28.7 Å². The first kappa shape index (κ1) is 60.7. The third-order valence-corrected chi connectivity index (χ3v) is 17.9. The Bertz CT molecular complexity index is 3600. The quantitative estimate of drug-likeness (QED) is 0.0138. The minimum atomic E-state index is -5.79. The number of hydrogen-bond donors (Lipinski definition) is 8. The molecule has 3 aromatic rings. The first-order valence-electron chi connectivity index (χ1n) is 24.9. The van der Waals surface area contributed by atoms with E-state index in [9.17, 15) is 51.1 Å². The van der Waals surface area contributed by atoms with Crippen LogP contribution in [0.4, 0.5) is 11.5 Å². The lowest BCUT2D eigenvalue weighted by molar-refractivity contribution is -0.120. The third-order valence-electron chi connectivity index (χ3n) is 13.3.